The van der Waals surface area contributed by atoms with Crippen molar-refractivity contribution in [2.45, 2.75) is 45.7 Å². The molecule has 2 rings (SSSR count). The Morgan fingerprint density at radius 1 is 1.26 bits per heavy atom. The van der Waals surface area contributed by atoms with Crippen LogP contribution in [-0.2, 0) is 0 Å². The van der Waals surface area contributed by atoms with Gasteiger partial charge in [-0.3, -0.25) is 4.79 Å². The number of carbonyl (C=O) groups excluding carboxylic acids is 1. The first-order chi connectivity index (χ1) is 10.6. The molecule has 1 aliphatic rings. The molecule has 1 heterocycles. The summed E-state index contributed by atoms with van der Waals surface area (Å²) in [5.41, 5.74) is 0.609. The number of nitrogens with one attached hydrogen (secondary N) is 2. The molecule has 0 radical (unpaired) electrons. The summed E-state index contributed by atoms with van der Waals surface area (Å²) in [6.07, 6.45) is 1.92. The summed E-state index contributed by atoms with van der Waals surface area (Å²) < 4.78 is 11.1. The van der Waals surface area contributed by atoms with Crippen LogP contribution in [0.2, 0.25) is 0 Å². The highest BCUT2D eigenvalue weighted by Crippen LogP contribution is 2.28. The molecular weight excluding hydrogens is 316 g/mol. The van der Waals surface area contributed by atoms with E-state index in [9.17, 15) is 4.79 Å². The van der Waals surface area contributed by atoms with Crippen LogP contribution in [0.4, 0.5) is 0 Å². The largest absolute Gasteiger partial charge is 0.490 e. The number of halogens is 1. The lowest BCUT2D eigenvalue weighted by atomic mass is 10.0. The van der Waals surface area contributed by atoms with Crippen molar-refractivity contribution < 1.29 is 14.3 Å². The van der Waals surface area contributed by atoms with Gasteiger partial charge >= 0.3 is 0 Å². The number of carbonyl (C=O) groups is 1. The third kappa shape index (κ3) is 5.59. The van der Waals surface area contributed by atoms with Crippen molar-refractivity contribution in [1.82, 2.24) is 10.6 Å². The summed E-state index contributed by atoms with van der Waals surface area (Å²) in [5.74, 6) is 1.25. The molecule has 1 saturated heterocycles. The van der Waals surface area contributed by atoms with Crippen LogP contribution in [0.3, 0.4) is 0 Å². The minimum absolute atomic E-state index is 0. The quantitative estimate of drug-likeness (QED) is 0.834. The number of benzene rings is 1. The first kappa shape index (κ1) is 19.6. The van der Waals surface area contributed by atoms with Crippen molar-refractivity contribution in [2.24, 2.45) is 0 Å². The molecule has 1 aromatic carbocycles. The predicted octanol–water partition coefficient (Wildman–Crippen LogP) is 2.78. The van der Waals surface area contributed by atoms with Gasteiger partial charge in [-0.2, -0.15) is 0 Å². The van der Waals surface area contributed by atoms with Crippen molar-refractivity contribution in [3.63, 3.8) is 0 Å². The van der Waals surface area contributed by atoms with E-state index in [1.54, 1.807) is 18.2 Å². The molecule has 6 heteroatoms. The Morgan fingerprint density at radius 2 is 1.96 bits per heavy atom. The molecule has 1 aromatic rings. The van der Waals surface area contributed by atoms with Crippen molar-refractivity contribution in [2.75, 3.05) is 19.8 Å². The minimum Gasteiger partial charge on any atom is -0.490 e. The Kier molecular flexibility index (Phi) is 8.20. The SMILES string of the molecule is CCOc1ccc(C(=O)NC2CCNC(C)C2)cc1OCC.Cl. The van der Waals surface area contributed by atoms with E-state index < -0.39 is 0 Å². The van der Waals surface area contributed by atoms with E-state index in [1.807, 2.05) is 13.8 Å². The zero-order chi connectivity index (χ0) is 15.9. The number of rotatable bonds is 6. The lowest BCUT2D eigenvalue weighted by Crippen LogP contribution is -2.46. The van der Waals surface area contributed by atoms with Gasteiger partial charge in [-0.05, 0) is 58.4 Å². The van der Waals surface area contributed by atoms with E-state index in [0.717, 1.165) is 19.4 Å². The average molecular weight is 343 g/mol. The highest BCUT2D eigenvalue weighted by Gasteiger charge is 2.21. The Hall–Kier alpha value is -1.46. The van der Waals surface area contributed by atoms with Crippen LogP contribution in [-0.4, -0.2) is 37.7 Å². The first-order valence-electron chi connectivity index (χ1n) is 8.07. The summed E-state index contributed by atoms with van der Waals surface area (Å²) >= 11 is 0. The van der Waals surface area contributed by atoms with E-state index in [1.165, 1.54) is 0 Å². The molecule has 0 saturated carbocycles. The number of hydrogen-bond donors (Lipinski definition) is 2. The molecule has 1 fully saturated rings. The monoisotopic (exact) mass is 342 g/mol. The molecule has 0 aliphatic carbocycles. The van der Waals surface area contributed by atoms with Gasteiger partial charge in [0.15, 0.2) is 11.5 Å². The molecule has 2 unspecified atom stereocenters. The smallest absolute Gasteiger partial charge is 0.251 e. The van der Waals surface area contributed by atoms with Gasteiger partial charge in [0.2, 0.25) is 0 Å². The second-order valence-corrected chi connectivity index (χ2v) is 5.58. The van der Waals surface area contributed by atoms with E-state index in [-0.39, 0.29) is 24.4 Å². The molecule has 1 amide bonds. The lowest BCUT2D eigenvalue weighted by Gasteiger charge is -2.28. The first-order valence-corrected chi connectivity index (χ1v) is 8.07. The highest BCUT2D eigenvalue weighted by atomic mass is 35.5. The molecule has 0 spiro atoms. The van der Waals surface area contributed by atoms with Gasteiger partial charge in [0.05, 0.1) is 13.2 Å². The van der Waals surface area contributed by atoms with E-state index >= 15 is 0 Å². The minimum atomic E-state index is -0.0527. The fourth-order valence-corrected chi connectivity index (χ4v) is 2.72. The maximum absolute atomic E-state index is 12.4. The average Bonchev–Trinajstić information content (AvgIpc) is 2.49. The van der Waals surface area contributed by atoms with Crippen LogP contribution in [0.25, 0.3) is 0 Å². The molecule has 130 valence electrons. The summed E-state index contributed by atoms with van der Waals surface area (Å²) in [4.78, 5) is 12.4. The van der Waals surface area contributed by atoms with E-state index in [4.69, 9.17) is 9.47 Å². The summed E-state index contributed by atoms with van der Waals surface area (Å²) in [6.45, 7) is 8.03. The highest BCUT2D eigenvalue weighted by molar-refractivity contribution is 5.95. The molecular formula is C17H27ClN2O3. The van der Waals surface area contributed by atoms with Crippen LogP contribution >= 0.6 is 12.4 Å². The molecule has 0 aromatic heterocycles. The molecule has 0 bridgehead atoms. The van der Waals surface area contributed by atoms with Gasteiger partial charge < -0.3 is 20.1 Å². The fourth-order valence-electron chi connectivity index (χ4n) is 2.72. The van der Waals surface area contributed by atoms with Crippen LogP contribution in [0.1, 0.15) is 44.0 Å². The standard InChI is InChI=1S/C17H26N2O3.ClH/c1-4-21-15-7-6-13(11-16(15)22-5-2)17(20)19-14-8-9-18-12(3)10-14;/h6-7,11-12,14,18H,4-5,8-10H2,1-3H3,(H,19,20);1H. The second kappa shape index (κ2) is 9.63. The van der Waals surface area contributed by atoms with E-state index in [0.29, 0.717) is 36.3 Å². The van der Waals surface area contributed by atoms with Crippen molar-refractivity contribution in [3.8, 4) is 11.5 Å². The molecule has 2 N–H and O–H groups in total. The number of piperidine rings is 1. The van der Waals surface area contributed by atoms with Crippen molar-refractivity contribution in [1.29, 1.82) is 0 Å². The Balaban J connectivity index is 0.00000264. The Bertz CT molecular complexity index is 511. The molecule has 23 heavy (non-hydrogen) atoms. The number of ether oxygens (including phenoxy) is 2. The second-order valence-electron chi connectivity index (χ2n) is 5.58. The normalized spacial score (nSPS) is 20.3. The fraction of sp³-hybridized carbons (Fsp3) is 0.588. The van der Waals surface area contributed by atoms with Gasteiger partial charge in [-0.1, -0.05) is 0 Å². The predicted molar refractivity (Wildman–Crippen MR) is 94.0 cm³/mol. The van der Waals surface area contributed by atoms with Gasteiger partial charge in [-0.25, -0.2) is 0 Å². The third-order valence-corrected chi connectivity index (χ3v) is 3.76. The maximum atomic E-state index is 12.4. The molecule has 2 atom stereocenters. The van der Waals surface area contributed by atoms with Gasteiger partial charge in [-0.15, -0.1) is 12.4 Å². The Labute approximate surface area is 144 Å². The van der Waals surface area contributed by atoms with E-state index in [2.05, 4.69) is 17.6 Å². The van der Waals surface area contributed by atoms with Crippen molar-refractivity contribution in [3.05, 3.63) is 23.8 Å². The summed E-state index contributed by atoms with van der Waals surface area (Å²) in [7, 11) is 0. The lowest BCUT2D eigenvalue weighted by molar-refractivity contribution is 0.0925. The van der Waals surface area contributed by atoms with Crippen LogP contribution < -0.4 is 20.1 Å². The Morgan fingerprint density at radius 3 is 2.61 bits per heavy atom. The van der Waals surface area contributed by atoms with Crippen LogP contribution in [0, 0.1) is 0 Å². The van der Waals surface area contributed by atoms with Gasteiger partial charge in [0.1, 0.15) is 0 Å². The number of amides is 1. The van der Waals surface area contributed by atoms with Crippen LogP contribution in [0.15, 0.2) is 18.2 Å². The summed E-state index contributed by atoms with van der Waals surface area (Å²) in [5, 5.41) is 6.50. The molecule has 1 aliphatic heterocycles. The molecule has 5 nitrogen and oxygen atoms in total. The summed E-state index contributed by atoms with van der Waals surface area (Å²) in [6, 6.07) is 6.01. The topological polar surface area (TPSA) is 59.6 Å². The zero-order valence-electron chi connectivity index (χ0n) is 14.1. The van der Waals surface area contributed by atoms with Crippen LogP contribution in [0.5, 0.6) is 11.5 Å². The van der Waals surface area contributed by atoms with Crippen molar-refractivity contribution >= 4 is 18.3 Å². The number of hydrogen-bond acceptors (Lipinski definition) is 4. The maximum Gasteiger partial charge on any atom is 0.251 e. The zero-order valence-corrected chi connectivity index (χ0v) is 14.9. The third-order valence-electron chi connectivity index (χ3n) is 3.76. The van der Waals surface area contributed by atoms with Gasteiger partial charge in [0.25, 0.3) is 5.91 Å². The van der Waals surface area contributed by atoms with Gasteiger partial charge in [0, 0.05) is 17.6 Å².